The molecule has 0 amide bonds. The van der Waals surface area contributed by atoms with Gasteiger partial charge in [-0.05, 0) is 57.2 Å². The number of aromatic nitrogens is 2. The second-order valence-electron chi connectivity index (χ2n) is 14.3. The first-order valence-electron chi connectivity index (χ1n) is 17.4. The summed E-state index contributed by atoms with van der Waals surface area (Å²) in [7, 11) is 0. The van der Waals surface area contributed by atoms with Crippen molar-refractivity contribution in [3.05, 3.63) is 139 Å². The predicted molar refractivity (Wildman–Crippen MR) is 205 cm³/mol. The molecule has 0 saturated heterocycles. The minimum Gasteiger partial charge on any atom is 0 e. The smallest absolute Gasteiger partial charge is 0 e. The summed E-state index contributed by atoms with van der Waals surface area (Å²) < 4.78 is 25.2. The van der Waals surface area contributed by atoms with Gasteiger partial charge in [-0.1, -0.05) is 79.7 Å². The third kappa shape index (κ3) is 7.57. The molecule has 0 atom stereocenters. The Morgan fingerprint density at radius 2 is 1.51 bits per heavy atom. The first-order chi connectivity index (χ1) is 23.8. The van der Waals surface area contributed by atoms with Gasteiger partial charge in [0, 0.05) is 34.4 Å². The van der Waals surface area contributed by atoms with E-state index in [0.29, 0.717) is 11.3 Å². The van der Waals surface area contributed by atoms with E-state index in [0.717, 1.165) is 44.1 Å². The van der Waals surface area contributed by atoms with Crippen LogP contribution in [0.3, 0.4) is 0 Å². The summed E-state index contributed by atoms with van der Waals surface area (Å²) in [6, 6.07) is 43.3. The molecule has 8 aromatic rings. The molecule has 49 heavy (non-hydrogen) atoms. The molecule has 0 bridgehead atoms. The van der Waals surface area contributed by atoms with Crippen molar-refractivity contribution in [2.75, 3.05) is 0 Å². The molecule has 1 radical (unpaired) electrons. The predicted octanol–water partition coefficient (Wildman–Crippen LogP) is 11.4. The average molecular weight is 880 g/mol. The number of fused-ring (bicyclic) bond motifs is 6. The van der Waals surface area contributed by atoms with Gasteiger partial charge in [0.1, 0.15) is 5.58 Å². The zero-order valence-electron chi connectivity index (χ0n) is 30.7. The van der Waals surface area contributed by atoms with Crippen molar-refractivity contribution in [3.63, 3.8) is 0 Å². The van der Waals surface area contributed by atoms with Crippen molar-refractivity contribution in [2.24, 2.45) is 5.41 Å². The van der Waals surface area contributed by atoms with Crippen LogP contribution in [-0.2, 0) is 26.5 Å². The fourth-order valence-corrected chi connectivity index (χ4v) is 8.23. The van der Waals surface area contributed by atoms with Crippen LogP contribution in [0.25, 0.3) is 66.0 Å². The SMILES string of the molecule is [2H]C([2H])(c1ccnc(-c2[c-]ccc3c2oc2cc4c(ccc5ccccc54)cc23)c1)C(C)(C)C.[CH3][Ge]([CH3])([CH3])[c]1ccc(-c2[c-]cccc2)nc1.[Ir]. The van der Waals surface area contributed by atoms with E-state index in [4.69, 9.17) is 7.16 Å². The van der Waals surface area contributed by atoms with Crippen molar-refractivity contribution in [3.8, 4) is 22.5 Å². The molecule has 0 fully saturated rings. The van der Waals surface area contributed by atoms with Crippen molar-refractivity contribution in [1.29, 1.82) is 0 Å². The Balaban J connectivity index is 0.000000222. The van der Waals surface area contributed by atoms with Crippen LogP contribution in [0, 0.1) is 17.5 Å². The van der Waals surface area contributed by atoms with Gasteiger partial charge >= 0.3 is 99.8 Å². The molecule has 0 aliphatic rings. The van der Waals surface area contributed by atoms with Crippen LogP contribution in [0.1, 0.15) is 29.1 Å². The topological polar surface area (TPSA) is 38.9 Å². The van der Waals surface area contributed by atoms with Gasteiger partial charge < -0.3 is 9.40 Å². The molecule has 0 saturated carbocycles. The van der Waals surface area contributed by atoms with E-state index in [1.807, 2.05) is 69.4 Å². The summed E-state index contributed by atoms with van der Waals surface area (Å²) in [6.45, 7) is 5.73. The standard InChI is InChI=1S/C30H24NO.C14H16GeN.Ir/c1-30(2,3)18-19-13-14-31-27(15-19)24-10-6-9-23-26-16-21-12-11-20-7-4-5-8-22(20)25(21)17-28(26)32-29(23)24;1-15(2,3)13-9-10-14(16-11-13)12-7-5-4-6-8-12;/h4-9,11-17H,18H2,1-3H3;4-7,9-11H,1-3H3;/q2*-1;/i18D2;;. The second kappa shape index (κ2) is 14.0. The number of nitrogens with zero attached hydrogens (tertiary/aromatic N) is 2. The molecular formula is C44H40GeIrN2O-2. The normalized spacial score (nSPS) is 12.7. The molecule has 3 aromatic heterocycles. The van der Waals surface area contributed by atoms with Gasteiger partial charge in [-0.25, -0.2) is 0 Å². The molecule has 0 N–H and O–H groups in total. The Morgan fingerprint density at radius 1 is 0.714 bits per heavy atom. The van der Waals surface area contributed by atoms with E-state index in [1.165, 1.54) is 20.6 Å². The number of furan rings is 1. The maximum atomic E-state index is 8.68. The fraction of sp³-hybridized carbons (Fsp3) is 0.182. The third-order valence-electron chi connectivity index (χ3n) is 8.45. The Morgan fingerprint density at radius 3 is 2.24 bits per heavy atom. The molecule has 3 nitrogen and oxygen atoms in total. The zero-order chi connectivity index (χ0) is 35.3. The Bertz CT molecular complexity index is 2480. The maximum absolute atomic E-state index is 8.68. The van der Waals surface area contributed by atoms with Crippen molar-refractivity contribution >= 4 is 61.1 Å². The van der Waals surface area contributed by atoms with Crippen LogP contribution >= 0.6 is 0 Å². The molecule has 5 heteroatoms. The van der Waals surface area contributed by atoms with Gasteiger partial charge in [-0.2, -0.15) is 0 Å². The number of hydrogen-bond donors (Lipinski definition) is 0. The number of rotatable bonds is 4. The Labute approximate surface area is 308 Å². The van der Waals surface area contributed by atoms with E-state index in [1.54, 1.807) is 12.3 Å². The second-order valence-corrected chi connectivity index (χ2v) is 25.0. The first-order valence-corrected chi connectivity index (χ1v) is 23.7. The third-order valence-corrected chi connectivity index (χ3v) is 12.7. The maximum Gasteiger partial charge on any atom is 0 e. The fourth-order valence-electron chi connectivity index (χ4n) is 6.06. The minimum atomic E-state index is -1.72. The van der Waals surface area contributed by atoms with Crippen LogP contribution in [0.15, 0.2) is 126 Å². The average Bonchev–Trinajstić information content (AvgIpc) is 3.48. The van der Waals surface area contributed by atoms with E-state index in [9.17, 15) is 0 Å². The molecule has 8 rings (SSSR count). The number of benzene rings is 5. The van der Waals surface area contributed by atoms with Gasteiger partial charge in [0.05, 0.1) is 5.58 Å². The number of pyridine rings is 2. The van der Waals surface area contributed by atoms with E-state index >= 15 is 0 Å². The largest absolute Gasteiger partial charge is 0 e. The van der Waals surface area contributed by atoms with E-state index in [-0.39, 0.29) is 20.1 Å². The molecule has 5 aromatic carbocycles. The van der Waals surface area contributed by atoms with Crippen LogP contribution < -0.4 is 4.40 Å². The molecule has 0 aliphatic carbocycles. The van der Waals surface area contributed by atoms with E-state index in [2.05, 4.69) is 100 Å². The Hall–Kier alpha value is -4.09. The summed E-state index contributed by atoms with van der Waals surface area (Å²) in [5.41, 5.74) is 5.07. The van der Waals surface area contributed by atoms with Crippen LogP contribution in [0.2, 0.25) is 17.3 Å². The zero-order valence-corrected chi connectivity index (χ0v) is 33.2. The molecular weight excluding hydrogens is 837 g/mol. The summed E-state index contributed by atoms with van der Waals surface area (Å²) in [5, 5.41) is 6.79. The van der Waals surface area contributed by atoms with Gasteiger partial charge in [-0.15, -0.1) is 18.2 Å². The first kappa shape index (κ1) is 32.1. The summed E-state index contributed by atoms with van der Waals surface area (Å²) in [6.07, 6.45) is 2.20. The monoisotopic (exact) mass is 881 g/mol. The molecule has 3 heterocycles. The van der Waals surface area contributed by atoms with Gasteiger partial charge in [0.15, 0.2) is 0 Å². The van der Waals surface area contributed by atoms with Gasteiger partial charge in [0.25, 0.3) is 0 Å². The van der Waals surface area contributed by atoms with Crippen molar-refractivity contribution < 1.29 is 27.3 Å². The van der Waals surface area contributed by atoms with E-state index < -0.39 is 25.1 Å². The Kier molecular flexibility index (Phi) is 9.20. The summed E-state index contributed by atoms with van der Waals surface area (Å²) in [4.78, 5) is 9.09. The minimum absolute atomic E-state index is 0. The molecule has 0 unspecified atom stereocenters. The van der Waals surface area contributed by atoms with Gasteiger partial charge in [-0.3, -0.25) is 0 Å². The summed E-state index contributed by atoms with van der Waals surface area (Å²) in [5.74, 6) is 7.14. The van der Waals surface area contributed by atoms with Crippen molar-refractivity contribution in [1.82, 2.24) is 9.97 Å². The molecule has 247 valence electrons. The van der Waals surface area contributed by atoms with Crippen LogP contribution in [-0.4, -0.2) is 23.2 Å². The molecule has 0 aliphatic heterocycles. The van der Waals surface area contributed by atoms with Crippen LogP contribution in [0.4, 0.5) is 0 Å². The quantitative estimate of drug-likeness (QED) is 0.100. The molecule has 0 spiro atoms. The number of hydrogen-bond acceptors (Lipinski definition) is 3. The van der Waals surface area contributed by atoms with Crippen molar-refractivity contribution in [2.45, 2.75) is 44.4 Å². The van der Waals surface area contributed by atoms with Crippen LogP contribution in [0.5, 0.6) is 0 Å². The van der Waals surface area contributed by atoms with Gasteiger partial charge in [0.2, 0.25) is 0 Å². The summed E-state index contributed by atoms with van der Waals surface area (Å²) >= 11 is -1.72.